The molecule has 0 saturated heterocycles. The van der Waals surface area contributed by atoms with Crippen LogP contribution in [0.25, 0.3) is 11.0 Å². The first-order valence-corrected chi connectivity index (χ1v) is 7.44. The molecule has 3 aromatic rings. The van der Waals surface area contributed by atoms with Crippen LogP contribution in [0.5, 0.6) is 0 Å². The summed E-state index contributed by atoms with van der Waals surface area (Å²) in [6, 6.07) is 12.4. The van der Waals surface area contributed by atoms with Gasteiger partial charge in [0.05, 0.1) is 6.04 Å². The smallest absolute Gasteiger partial charge is 0.169 e. The fraction of sp³-hybridized carbons (Fsp3) is 0.125. The third-order valence-corrected chi connectivity index (χ3v) is 4.22. The Hall–Kier alpha value is -1.85. The van der Waals surface area contributed by atoms with Gasteiger partial charge in [-0.1, -0.05) is 18.2 Å². The average Bonchev–Trinajstić information content (AvgIpc) is 2.90. The lowest BCUT2D eigenvalue weighted by Gasteiger charge is -2.08. The molecule has 0 saturated carbocycles. The van der Waals surface area contributed by atoms with Gasteiger partial charge in [-0.3, -0.25) is 0 Å². The molecule has 0 radical (unpaired) electrons. The Labute approximate surface area is 124 Å². The van der Waals surface area contributed by atoms with Gasteiger partial charge in [0.25, 0.3) is 0 Å². The number of thioether (sulfide) groups is 1. The van der Waals surface area contributed by atoms with Crippen LogP contribution in [-0.4, -0.2) is 5.75 Å². The van der Waals surface area contributed by atoms with Crippen molar-refractivity contribution in [3.05, 3.63) is 65.9 Å². The number of nitrogens with two attached hydrogens (primary N) is 1. The summed E-state index contributed by atoms with van der Waals surface area (Å²) in [6.45, 7) is 0. The predicted octanol–water partition coefficient (Wildman–Crippen LogP) is 4.50. The summed E-state index contributed by atoms with van der Waals surface area (Å²) in [5.41, 5.74) is 6.29. The molecule has 0 spiro atoms. The summed E-state index contributed by atoms with van der Waals surface area (Å²) < 4.78 is 32.2. The first-order valence-electron chi connectivity index (χ1n) is 6.45. The maximum atomic E-state index is 13.6. The molecule has 3 rings (SSSR count). The molecule has 1 heterocycles. The molecule has 1 aromatic heterocycles. The van der Waals surface area contributed by atoms with E-state index < -0.39 is 5.82 Å². The molecule has 108 valence electrons. The Bertz CT molecular complexity index is 772. The van der Waals surface area contributed by atoms with Gasteiger partial charge in [-0.05, 0) is 30.3 Å². The van der Waals surface area contributed by atoms with Gasteiger partial charge in [-0.25, -0.2) is 8.78 Å². The zero-order valence-corrected chi connectivity index (χ0v) is 11.9. The summed E-state index contributed by atoms with van der Waals surface area (Å²) in [5.74, 6) is 0.368. The lowest BCUT2D eigenvalue weighted by atomic mass is 10.2. The molecule has 2 N–H and O–H groups in total. The highest BCUT2D eigenvalue weighted by atomic mass is 32.2. The van der Waals surface area contributed by atoms with Crippen molar-refractivity contribution in [1.29, 1.82) is 0 Å². The number of furan rings is 1. The second kappa shape index (κ2) is 5.87. The molecule has 21 heavy (non-hydrogen) atoms. The van der Waals surface area contributed by atoms with E-state index in [1.165, 1.54) is 30.0 Å². The highest BCUT2D eigenvalue weighted by Gasteiger charge is 2.14. The normalized spacial score (nSPS) is 12.7. The van der Waals surface area contributed by atoms with Crippen LogP contribution >= 0.6 is 11.8 Å². The number of benzene rings is 2. The standard InChI is InChI=1S/C16H13F2NOS/c17-11-4-2-5-12(8-11)21-9-14(19)15-7-10-3-1-6-13(18)16(10)20-15/h1-8,14H,9,19H2. The SMILES string of the molecule is NC(CSc1cccc(F)c1)c1cc2cccc(F)c2o1. The first-order chi connectivity index (χ1) is 10.1. The molecule has 0 aliphatic rings. The van der Waals surface area contributed by atoms with E-state index in [4.69, 9.17) is 10.2 Å². The fourth-order valence-electron chi connectivity index (χ4n) is 2.06. The molecule has 0 aliphatic carbocycles. The highest BCUT2D eigenvalue weighted by molar-refractivity contribution is 7.99. The molecule has 0 amide bonds. The van der Waals surface area contributed by atoms with Crippen LogP contribution in [0.15, 0.2) is 57.8 Å². The molecule has 0 aliphatic heterocycles. The zero-order chi connectivity index (χ0) is 14.8. The fourth-order valence-corrected chi connectivity index (χ4v) is 2.96. The number of fused-ring (bicyclic) bond motifs is 1. The Morgan fingerprint density at radius 1 is 1.10 bits per heavy atom. The van der Waals surface area contributed by atoms with Crippen LogP contribution in [0, 0.1) is 11.6 Å². The van der Waals surface area contributed by atoms with E-state index in [1.54, 1.807) is 24.3 Å². The van der Waals surface area contributed by atoms with Gasteiger partial charge in [0.2, 0.25) is 0 Å². The van der Waals surface area contributed by atoms with Crippen LogP contribution in [0.2, 0.25) is 0 Å². The van der Waals surface area contributed by atoms with Crippen LogP contribution < -0.4 is 5.73 Å². The lowest BCUT2D eigenvalue weighted by Crippen LogP contribution is -2.11. The van der Waals surface area contributed by atoms with Crippen LogP contribution in [0.4, 0.5) is 8.78 Å². The molecule has 2 nitrogen and oxygen atoms in total. The maximum absolute atomic E-state index is 13.6. The Kier molecular flexibility index (Phi) is 3.94. The van der Waals surface area contributed by atoms with E-state index >= 15 is 0 Å². The van der Waals surface area contributed by atoms with Crippen molar-refractivity contribution < 1.29 is 13.2 Å². The van der Waals surface area contributed by atoms with Gasteiger partial charge in [0, 0.05) is 16.0 Å². The lowest BCUT2D eigenvalue weighted by molar-refractivity contribution is 0.495. The second-order valence-corrected chi connectivity index (χ2v) is 5.78. The Morgan fingerprint density at radius 2 is 1.90 bits per heavy atom. The topological polar surface area (TPSA) is 39.2 Å². The van der Waals surface area contributed by atoms with Crippen LogP contribution in [-0.2, 0) is 0 Å². The van der Waals surface area contributed by atoms with Gasteiger partial charge in [-0.2, -0.15) is 0 Å². The van der Waals surface area contributed by atoms with E-state index in [0.29, 0.717) is 16.9 Å². The van der Waals surface area contributed by atoms with Crippen molar-refractivity contribution in [1.82, 2.24) is 0 Å². The van der Waals surface area contributed by atoms with E-state index in [0.717, 1.165) is 4.90 Å². The summed E-state index contributed by atoms with van der Waals surface area (Å²) in [6.07, 6.45) is 0. The van der Waals surface area contributed by atoms with E-state index in [2.05, 4.69) is 0 Å². The summed E-state index contributed by atoms with van der Waals surface area (Å²) in [7, 11) is 0. The number of rotatable bonds is 4. The van der Waals surface area contributed by atoms with E-state index in [9.17, 15) is 8.78 Å². The average molecular weight is 305 g/mol. The molecule has 1 atom stereocenters. The second-order valence-electron chi connectivity index (χ2n) is 4.68. The van der Waals surface area contributed by atoms with Gasteiger partial charge in [0.1, 0.15) is 11.6 Å². The van der Waals surface area contributed by atoms with Crippen molar-refractivity contribution >= 4 is 22.7 Å². The largest absolute Gasteiger partial charge is 0.456 e. The quantitative estimate of drug-likeness (QED) is 0.721. The van der Waals surface area contributed by atoms with Crippen molar-refractivity contribution in [2.75, 3.05) is 5.75 Å². The zero-order valence-electron chi connectivity index (χ0n) is 11.1. The molecule has 1 unspecified atom stereocenters. The monoisotopic (exact) mass is 305 g/mol. The van der Waals surface area contributed by atoms with Gasteiger partial charge < -0.3 is 10.2 Å². The minimum absolute atomic E-state index is 0.221. The van der Waals surface area contributed by atoms with Crippen LogP contribution in [0.3, 0.4) is 0 Å². The molecule has 0 bridgehead atoms. The molecule has 0 fully saturated rings. The Morgan fingerprint density at radius 3 is 2.67 bits per heavy atom. The number of hydrogen-bond donors (Lipinski definition) is 1. The van der Waals surface area contributed by atoms with E-state index in [-0.39, 0.29) is 17.4 Å². The van der Waals surface area contributed by atoms with Gasteiger partial charge in [0.15, 0.2) is 11.4 Å². The molecular formula is C16H13F2NOS. The third-order valence-electron chi connectivity index (χ3n) is 3.11. The van der Waals surface area contributed by atoms with Crippen molar-refractivity contribution in [2.24, 2.45) is 5.73 Å². The summed E-state index contributed by atoms with van der Waals surface area (Å²) in [5, 5.41) is 0.691. The summed E-state index contributed by atoms with van der Waals surface area (Å²) in [4.78, 5) is 0.799. The van der Waals surface area contributed by atoms with Crippen molar-refractivity contribution in [3.63, 3.8) is 0 Å². The van der Waals surface area contributed by atoms with Crippen LogP contribution in [0.1, 0.15) is 11.8 Å². The number of para-hydroxylation sites is 1. The van der Waals surface area contributed by atoms with Gasteiger partial charge in [-0.15, -0.1) is 11.8 Å². The van der Waals surface area contributed by atoms with Gasteiger partial charge >= 0.3 is 0 Å². The number of hydrogen-bond acceptors (Lipinski definition) is 3. The van der Waals surface area contributed by atoms with Crippen molar-refractivity contribution in [2.45, 2.75) is 10.9 Å². The van der Waals surface area contributed by atoms with E-state index in [1.807, 2.05) is 6.07 Å². The minimum atomic E-state index is -0.399. The first kappa shape index (κ1) is 14.1. The molecular weight excluding hydrogens is 292 g/mol. The molecule has 2 aromatic carbocycles. The Balaban J connectivity index is 1.75. The minimum Gasteiger partial charge on any atom is -0.456 e. The maximum Gasteiger partial charge on any atom is 0.169 e. The van der Waals surface area contributed by atoms with Crippen molar-refractivity contribution in [3.8, 4) is 0 Å². The third kappa shape index (κ3) is 3.09. The predicted molar refractivity (Wildman–Crippen MR) is 80.2 cm³/mol. The molecule has 5 heteroatoms. The summed E-state index contributed by atoms with van der Waals surface area (Å²) >= 11 is 1.43. The number of halogens is 2. The highest BCUT2D eigenvalue weighted by Crippen LogP contribution is 2.28.